The van der Waals surface area contributed by atoms with E-state index in [1.54, 1.807) is 6.07 Å². The Morgan fingerprint density at radius 3 is 3.08 bits per heavy atom. The standard InChI is InChI=1S/C8H8BrNO3/c1-12-5-13-7-3-10-8(9)2-6(7)4-11/h2-4H,5H2,1H3. The number of aromatic nitrogens is 1. The maximum absolute atomic E-state index is 10.6. The number of hydrogen-bond acceptors (Lipinski definition) is 4. The van der Waals surface area contributed by atoms with Gasteiger partial charge in [0.15, 0.2) is 18.8 Å². The van der Waals surface area contributed by atoms with Gasteiger partial charge in [-0.25, -0.2) is 4.98 Å². The van der Waals surface area contributed by atoms with E-state index in [1.165, 1.54) is 13.3 Å². The number of ether oxygens (including phenoxy) is 2. The molecule has 0 atom stereocenters. The maximum atomic E-state index is 10.6. The molecule has 70 valence electrons. The molecule has 0 saturated heterocycles. The number of pyridine rings is 1. The third kappa shape index (κ3) is 2.78. The van der Waals surface area contributed by atoms with Gasteiger partial charge in [0.2, 0.25) is 0 Å². The minimum Gasteiger partial charge on any atom is -0.465 e. The number of nitrogens with zero attached hydrogens (tertiary/aromatic N) is 1. The van der Waals surface area contributed by atoms with Gasteiger partial charge in [0, 0.05) is 7.11 Å². The second-order valence-electron chi connectivity index (χ2n) is 2.21. The summed E-state index contributed by atoms with van der Waals surface area (Å²) in [6, 6.07) is 1.58. The first-order chi connectivity index (χ1) is 6.27. The molecule has 0 saturated carbocycles. The average molecular weight is 246 g/mol. The van der Waals surface area contributed by atoms with Crippen LogP contribution in [0.2, 0.25) is 0 Å². The fraction of sp³-hybridized carbons (Fsp3) is 0.250. The van der Waals surface area contributed by atoms with Crippen molar-refractivity contribution in [2.45, 2.75) is 0 Å². The molecular weight excluding hydrogens is 238 g/mol. The minimum absolute atomic E-state index is 0.101. The molecule has 0 unspecified atom stereocenters. The van der Waals surface area contributed by atoms with Crippen molar-refractivity contribution >= 4 is 22.2 Å². The molecule has 1 aromatic heterocycles. The Labute approximate surface area is 84.0 Å². The Morgan fingerprint density at radius 2 is 2.46 bits per heavy atom. The van der Waals surface area contributed by atoms with Crippen LogP contribution in [0.25, 0.3) is 0 Å². The summed E-state index contributed by atoms with van der Waals surface area (Å²) in [7, 11) is 1.51. The van der Waals surface area contributed by atoms with Crippen molar-refractivity contribution in [2.24, 2.45) is 0 Å². The number of hydrogen-bond donors (Lipinski definition) is 0. The fourth-order valence-electron chi connectivity index (χ4n) is 0.767. The summed E-state index contributed by atoms with van der Waals surface area (Å²) in [5, 5.41) is 0. The number of aldehydes is 1. The van der Waals surface area contributed by atoms with Crippen molar-refractivity contribution in [1.29, 1.82) is 0 Å². The first kappa shape index (κ1) is 10.1. The summed E-state index contributed by atoms with van der Waals surface area (Å²) < 4.78 is 10.4. The van der Waals surface area contributed by atoms with Gasteiger partial charge < -0.3 is 9.47 Å². The van der Waals surface area contributed by atoms with E-state index in [1.807, 2.05) is 0 Å². The van der Waals surface area contributed by atoms with Crippen molar-refractivity contribution in [3.63, 3.8) is 0 Å². The maximum Gasteiger partial charge on any atom is 0.188 e. The molecule has 1 rings (SSSR count). The largest absolute Gasteiger partial charge is 0.465 e. The van der Waals surface area contributed by atoms with Crippen LogP contribution in [0.1, 0.15) is 10.4 Å². The van der Waals surface area contributed by atoms with Gasteiger partial charge in [0.1, 0.15) is 4.60 Å². The van der Waals surface area contributed by atoms with Gasteiger partial charge in [-0.05, 0) is 22.0 Å². The fourth-order valence-corrected chi connectivity index (χ4v) is 1.12. The number of halogens is 1. The minimum atomic E-state index is 0.101. The smallest absolute Gasteiger partial charge is 0.188 e. The third-order valence-corrected chi connectivity index (χ3v) is 1.76. The number of carbonyl (C=O) groups excluding carboxylic acids is 1. The molecule has 0 fully saturated rings. The predicted molar refractivity (Wildman–Crippen MR) is 49.8 cm³/mol. The highest BCUT2D eigenvalue weighted by Crippen LogP contribution is 2.18. The molecule has 0 bridgehead atoms. The van der Waals surface area contributed by atoms with Gasteiger partial charge >= 0.3 is 0 Å². The van der Waals surface area contributed by atoms with E-state index >= 15 is 0 Å². The predicted octanol–water partition coefficient (Wildman–Crippen LogP) is 1.64. The quantitative estimate of drug-likeness (QED) is 0.460. The molecule has 0 radical (unpaired) electrons. The highest BCUT2D eigenvalue weighted by atomic mass is 79.9. The molecule has 1 heterocycles. The molecule has 0 aliphatic carbocycles. The van der Waals surface area contributed by atoms with Crippen molar-refractivity contribution in [3.05, 3.63) is 22.4 Å². The molecule has 4 nitrogen and oxygen atoms in total. The molecule has 0 N–H and O–H groups in total. The molecule has 13 heavy (non-hydrogen) atoms. The van der Waals surface area contributed by atoms with Crippen LogP contribution in [-0.2, 0) is 4.74 Å². The van der Waals surface area contributed by atoms with Crippen LogP contribution in [0.4, 0.5) is 0 Å². The lowest BCUT2D eigenvalue weighted by Gasteiger charge is -2.05. The summed E-state index contributed by atoms with van der Waals surface area (Å²) in [4.78, 5) is 14.5. The number of rotatable bonds is 4. The van der Waals surface area contributed by atoms with E-state index in [-0.39, 0.29) is 6.79 Å². The van der Waals surface area contributed by atoms with E-state index in [0.717, 1.165) is 0 Å². The topological polar surface area (TPSA) is 48.4 Å². The van der Waals surface area contributed by atoms with Gasteiger partial charge in [0.05, 0.1) is 11.8 Å². The molecule has 5 heteroatoms. The Balaban J connectivity index is 2.86. The highest BCUT2D eigenvalue weighted by Gasteiger charge is 2.03. The van der Waals surface area contributed by atoms with Gasteiger partial charge in [0.25, 0.3) is 0 Å². The normalized spacial score (nSPS) is 9.69. The van der Waals surface area contributed by atoms with Crippen LogP contribution in [0.5, 0.6) is 5.75 Å². The monoisotopic (exact) mass is 245 g/mol. The summed E-state index contributed by atoms with van der Waals surface area (Å²) >= 11 is 3.15. The number of methoxy groups -OCH3 is 1. The first-order valence-electron chi connectivity index (χ1n) is 3.50. The highest BCUT2D eigenvalue weighted by molar-refractivity contribution is 9.10. The van der Waals surface area contributed by atoms with Crippen molar-refractivity contribution in [3.8, 4) is 5.75 Å². The Hall–Kier alpha value is -0.940. The molecule has 0 spiro atoms. The summed E-state index contributed by atoms with van der Waals surface area (Å²) in [6.45, 7) is 0.101. The molecule has 0 amide bonds. The average Bonchev–Trinajstić information content (AvgIpc) is 2.16. The van der Waals surface area contributed by atoms with Crippen LogP contribution in [0.3, 0.4) is 0 Å². The van der Waals surface area contributed by atoms with E-state index in [0.29, 0.717) is 22.2 Å². The molecule has 1 aromatic rings. The molecular formula is C8H8BrNO3. The Morgan fingerprint density at radius 1 is 1.69 bits per heavy atom. The van der Waals surface area contributed by atoms with Gasteiger partial charge in [-0.2, -0.15) is 0 Å². The van der Waals surface area contributed by atoms with Crippen LogP contribution in [-0.4, -0.2) is 25.2 Å². The zero-order valence-corrected chi connectivity index (χ0v) is 8.58. The Bertz CT molecular complexity index is 303. The van der Waals surface area contributed by atoms with Crippen LogP contribution in [0, 0.1) is 0 Å². The number of carbonyl (C=O) groups is 1. The van der Waals surface area contributed by atoms with E-state index in [2.05, 4.69) is 20.9 Å². The third-order valence-electron chi connectivity index (χ3n) is 1.32. The van der Waals surface area contributed by atoms with Crippen molar-refractivity contribution in [2.75, 3.05) is 13.9 Å². The summed E-state index contributed by atoms with van der Waals surface area (Å²) in [6.07, 6.45) is 2.17. The van der Waals surface area contributed by atoms with Gasteiger partial charge in [-0.1, -0.05) is 0 Å². The lowest BCUT2D eigenvalue weighted by atomic mass is 10.3. The lowest BCUT2D eigenvalue weighted by molar-refractivity contribution is 0.0502. The van der Waals surface area contributed by atoms with Gasteiger partial charge in [-0.15, -0.1) is 0 Å². The van der Waals surface area contributed by atoms with Crippen LogP contribution < -0.4 is 4.74 Å². The second-order valence-corrected chi connectivity index (χ2v) is 3.03. The Kier molecular flexibility index (Phi) is 3.85. The molecule has 0 aromatic carbocycles. The van der Waals surface area contributed by atoms with E-state index in [9.17, 15) is 4.79 Å². The van der Waals surface area contributed by atoms with E-state index in [4.69, 9.17) is 9.47 Å². The lowest BCUT2D eigenvalue weighted by Crippen LogP contribution is -2.01. The van der Waals surface area contributed by atoms with Gasteiger partial charge in [-0.3, -0.25) is 4.79 Å². The summed E-state index contributed by atoms with van der Waals surface area (Å²) in [5.41, 5.74) is 0.443. The van der Waals surface area contributed by atoms with Crippen molar-refractivity contribution in [1.82, 2.24) is 4.98 Å². The SMILES string of the molecule is COCOc1cnc(Br)cc1C=O. The molecule has 0 aliphatic heterocycles. The van der Waals surface area contributed by atoms with Crippen molar-refractivity contribution < 1.29 is 14.3 Å². The summed E-state index contributed by atoms with van der Waals surface area (Å²) in [5.74, 6) is 0.417. The zero-order chi connectivity index (χ0) is 9.68. The zero-order valence-electron chi connectivity index (χ0n) is 6.99. The van der Waals surface area contributed by atoms with Crippen LogP contribution in [0.15, 0.2) is 16.9 Å². The van der Waals surface area contributed by atoms with E-state index < -0.39 is 0 Å². The first-order valence-corrected chi connectivity index (χ1v) is 4.29. The molecule has 0 aliphatic rings. The second kappa shape index (κ2) is 4.94. The van der Waals surface area contributed by atoms with Crippen LogP contribution >= 0.6 is 15.9 Å².